The number of halogens is 2. The minimum absolute atomic E-state index is 0.0762. The highest BCUT2D eigenvalue weighted by Crippen LogP contribution is 2.43. The van der Waals surface area contributed by atoms with Crippen LogP contribution in [0.5, 0.6) is 11.5 Å². The number of carbonyl (C=O) groups excluding carboxylic acids is 2. The normalized spacial score (nSPS) is 16.0. The van der Waals surface area contributed by atoms with Crippen LogP contribution in [0.4, 0.5) is 4.79 Å². The van der Waals surface area contributed by atoms with Crippen LogP contribution in [0, 0.1) is 0 Å². The number of aliphatic hydroxyl groups is 1. The van der Waals surface area contributed by atoms with E-state index < -0.39 is 5.78 Å². The van der Waals surface area contributed by atoms with Crippen molar-refractivity contribution in [3.8, 4) is 11.5 Å². The van der Waals surface area contributed by atoms with Crippen LogP contribution < -0.4 is 10.1 Å². The number of carbonyl (C=O) groups is 2. The Labute approximate surface area is 205 Å². The average Bonchev–Trinajstić information content (AvgIpc) is 3.27. The van der Waals surface area contributed by atoms with Crippen LogP contribution in [0.2, 0.25) is 10.0 Å². The van der Waals surface area contributed by atoms with Crippen molar-refractivity contribution in [3.63, 3.8) is 0 Å². The molecule has 1 amide bonds. The predicted molar refractivity (Wildman–Crippen MR) is 127 cm³/mol. The molecule has 5 rings (SSSR count). The zero-order valence-corrected chi connectivity index (χ0v) is 19.4. The number of aliphatic hydroxyl groups excluding tert-OH is 1. The third-order valence-electron chi connectivity index (χ3n) is 5.37. The van der Waals surface area contributed by atoms with Gasteiger partial charge in [0.15, 0.2) is 5.78 Å². The number of phenolic OH excluding ortho intramolecular Hbond substituents is 1. The maximum atomic E-state index is 12.6. The van der Waals surface area contributed by atoms with Gasteiger partial charge in [0.25, 0.3) is 0 Å². The highest BCUT2D eigenvalue weighted by atomic mass is 35.5. The van der Waals surface area contributed by atoms with Crippen LogP contribution in [0.25, 0.3) is 0 Å². The molecular weight excluding hydrogens is 481 g/mol. The number of amides is 1. The second kappa shape index (κ2) is 10.3. The van der Waals surface area contributed by atoms with Gasteiger partial charge < -0.3 is 25.0 Å². The lowest BCUT2D eigenvalue weighted by atomic mass is 9.99. The molecule has 3 aromatic rings. The molecular formula is C25H21Cl2NO6. The molecule has 1 atom stereocenters. The maximum Gasteiger partial charge on any atom is 0.407 e. The Morgan fingerprint density at radius 3 is 2.56 bits per heavy atom. The fourth-order valence-electron chi connectivity index (χ4n) is 3.68. The van der Waals surface area contributed by atoms with E-state index in [-0.39, 0.29) is 45.7 Å². The first-order valence-corrected chi connectivity index (χ1v) is 11.2. The van der Waals surface area contributed by atoms with Crippen molar-refractivity contribution in [2.45, 2.75) is 25.7 Å². The first kappa shape index (κ1) is 23.9. The van der Waals surface area contributed by atoms with Crippen LogP contribution in [-0.4, -0.2) is 34.8 Å². The zero-order valence-electron chi connectivity index (χ0n) is 17.9. The number of fused-ring (bicyclic) bond motifs is 3. The predicted octanol–water partition coefficient (Wildman–Crippen LogP) is 4.65. The minimum atomic E-state index is -0.416. The van der Waals surface area contributed by atoms with E-state index in [1.807, 2.05) is 24.3 Å². The van der Waals surface area contributed by atoms with Gasteiger partial charge in [0, 0.05) is 24.1 Å². The lowest BCUT2D eigenvalue weighted by molar-refractivity contribution is 0.103. The molecule has 176 valence electrons. The largest absolute Gasteiger partial charge is 0.507 e. The summed E-state index contributed by atoms with van der Waals surface area (Å²) in [5.41, 5.74) is 3.23. The van der Waals surface area contributed by atoms with Crippen LogP contribution in [0.3, 0.4) is 0 Å². The molecule has 1 unspecified atom stereocenters. The third kappa shape index (κ3) is 5.12. The van der Waals surface area contributed by atoms with E-state index in [2.05, 4.69) is 5.32 Å². The molecule has 2 heterocycles. The summed E-state index contributed by atoms with van der Waals surface area (Å²) >= 11 is 12.4. The number of cyclic esters (lactones) is 1. The number of alkyl carbamates (subject to hydrolysis) is 1. The quantitative estimate of drug-likeness (QED) is 0.451. The molecule has 3 N–H and O–H groups in total. The summed E-state index contributed by atoms with van der Waals surface area (Å²) in [5.74, 6) is -0.135. The van der Waals surface area contributed by atoms with Crippen molar-refractivity contribution in [2.24, 2.45) is 0 Å². The molecule has 0 saturated carbocycles. The number of para-hydroxylation sites is 1. The third-order valence-corrected chi connectivity index (χ3v) is 6.22. The number of phenols is 1. The van der Waals surface area contributed by atoms with Gasteiger partial charge in [-0.15, -0.1) is 0 Å². The summed E-state index contributed by atoms with van der Waals surface area (Å²) in [6.45, 7) is 0.762. The number of rotatable bonds is 3. The van der Waals surface area contributed by atoms with Gasteiger partial charge >= 0.3 is 6.09 Å². The fraction of sp³-hybridized carbons (Fsp3) is 0.200. The van der Waals surface area contributed by atoms with Gasteiger partial charge in [-0.25, -0.2) is 4.79 Å². The highest BCUT2D eigenvalue weighted by molar-refractivity contribution is 6.45. The molecule has 34 heavy (non-hydrogen) atoms. The lowest BCUT2D eigenvalue weighted by Crippen LogP contribution is -2.25. The monoisotopic (exact) mass is 501 g/mol. The topological polar surface area (TPSA) is 105 Å². The number of benzene rings is 3. The van der Waals surface area contributed by atoms with Crippen LogP contribution in [0.15, 0.2) is 54.6 Å². The van der Waals surface area contributed by atoms with Gasteiger partial charge in [-0.1, -0.05) is 59.6 Å². The van der Waals surface area contributed by atoms with E-state index in [4.69, 9.17) is 32.7 Å². The number of ketones is 1. The summed E-state index contributed by atoms with van der Waals surface area (Å²) in [5, 5.41) is 21.9. The Bertz CT molecular complexity index is 1220. The van der Waals surface area contributed by atoms with Crippen LogP contribution >= 0.6 is 23.2 Å². The highest BCUT2D eigenvalue weighted by Gasteiger charge is 2.29. The summed E-state index contributed by atoms with van der Waals surface area (Å²) in [6, 6.07) is 15.8. The summed E-state index contributed by atoms with van der Waals surface area (Å²) in [7, 11) is 0. The Morgan fingerprint density at radius 2 is 1.79 bits per heavy atom. The number of aromatic hydroxyl groups is 1. The number of nitrogens with one attached hydrogen (secondary N) is 1. The lowest BCUT2D eigenvalue weighted by Gasteiger charge is -2.12. The van der Waals surface area contributed by atoms with Gasteiger partial charge in [0.05, 0.1) is 17.2 Å². The second-order valence-corrected chi connectivity index (χ2v) is 8.52. The van der Waals surface area contributed by atoms with E-state index in [0.717, 1.165) is 11.1 Å². The molecule has 2 aliphatic heterocycles. The van der Waals surface area contributed by atoms with E-state index in [1.54, 1.807) is 18.2 Å². The Balaban J connectivity index is 0.000000192. The molecule has 0 radical (unpaired) electrons. The Kier molecular flexibility index (Phi) is 7.26. The van der Waals surface area contributed by atoms with Crippen molar-refractivity contribution < 1.29 is 29.3 Å². The molecule has 2 bridgehead atoms. The molecule has 0 aliphatic carbocycles. The molecule has 3 aromatic carbocycles. The van der Waals surface area contributed by atoms with Gasteiger partial charge in [-0.05, 0) is 29.3 Å². The van der Waals surface area contributed by atoms with Crippen molar-refractivity contribution >= 4 is 35.1 Å². The molecule has 2 aliphatic rings. The Morgan fingerprint density at radius 1 is 1.03 bits per heavy atom. The van der Waals surface area contributed by atoms with Crippen molar-refractivity contribution in [1.29, 1.82) is 0 Å². The van der Waals surface area contributed by atoms with Crippen molar-refractivity contribution in [3.05, 3.63) is 92.5 Å². The molecule has 9 heteroatoms. The molecule has 0 fully saturated rings. The van der Waals surface area contributed by atoms with E-state index in [9.17, 15) is 19.8 Å². The standard InChI is InChI=1S/C16H12Cl2O4.C9H9NO2/c17-13-11(15(21)10-3-1-2-4-12(10)20)6-8-5-9(7-19)22-16(8)14(13)18;11-9-10-5-7-2-1-3-8(4-7)6-12-9/h1-4,6,9,19-20H,5,7H2;1-4H,5-6H2,(H,10,11). The van der Waals surface area contributed by atoms with Gasteiger partial charge in [0.2, 0.25) is 0 Å². The average molecular weight is 502 g/mol. The van der Waals surface area contributed by atoms with Gasteiger partial charge in [0.1, 0.15) is 29.2 Å². The van der Waals surface area contributed by atoms with E-state index in [1.165, 1.54) is 12.1 Å². The summed E-state index contributed by atoms with van der Waals surface area (Å²) in [6.07, 6.45) is -0.287. The van der Waals surface area contributed by atoms with Gasteiger partial charge in [-0.3, -0.25) is 4.79 Å². The van der Waals surface area contributed by atoms with Gasteiger partial charge in [-0.2, -0.15) is 0 Å². The number of hydrogen-bond acceptors (Lipinski definition) is 6. The molecule has 0 spiro atoms. The zero-order chi connectivity index (χ0) is 24.2. The van der Waals surface area contributed by atoms with Crippen LogP contribution in [0.1, 0.15) is 32.6 Å². The fourth-order valence-corrected chi connectivity index (χ4v) is 4.17. The summed E-state index contributed by atoms with van der Waals surface area (Å²) in [4.78, 5) is 23.5. The van der Waals surface area contributed by atoms with E-state index in [0.29, 0.717) is 30.9 Å². The first-order chi connectivity index (χ1) is 16.4. The second-order valence-electron chi connectivity index (χ2n) is 7.76. The minimum Gasteiger partial charge on any atom is -0.507 e. The maximum absolute atomic E-state index is 12.6. The SMILES string of the molecule is O=C(c1ccccc1O)c1cc2c(c(Cl)c1Cl)OC(CO)C2.O=C1NCc2cccc(c2)CO1. The first-order valence-electron chi connectivity index (χ1n) is 10.5. The molecule has 0 aromatic heterocycles. The van der Waals surface area contributed by atoms with Crippen molar-refractivity contribution in [1.82, 2.24) is 5.32 Å². The molecule has 7 nitrogen and oxygen atoms in total. The Hall–Kier alpha value is -3.26. The number of hydrogen-bond donors (Lipinski definition) is 3. The van der Waals surface area contributed by atoms with Crippen molar-refractivity contribution in [2.75, 3.05) is 6.61 Å². The number of ether oxygens (including phenoxy) is 2. The smallest absolute Gasteiger partial charge is 0.407 e. The van der Waals surface area contributed by atoms with Crippen LogP contribution in [-0.2, 0) is 24.3 Å². The molecule has 0 saturated heterocycles. The van der Waals surface area contributed by atoms with E-state index >= 15 is 0 Å². The summed E-state index contributed by atoms with van der Waals surface area (Å²) < 4.78 is 10.4.